The van der Waals surface area contributed by atoms with Gasteiger partial charge in [-0.05, 0) is 124 Å². The number of aliphatic hydroxyl groups excluding tert-OH is 1. The van der Waals surface area contributed by atoms with Gasteiger partial charge in [0.15, 0.2) is 0 Å². The van der Waals surface area contributed by atoms with Gasteiger partial charge in [-0.3, -0.25) is 14.4 Å². The van der Waals surface area contributed by atoms with Crippen molar-refractivity contribution < 1.29 is 29.7 Å². The molecule has 5 fully saturated rings. The quantitative estimate of drug-likeness (QED) is 0.350. The smallest absolute Gasteiger partial charge is 0.322 e. The summed E-state index contributed by atoms with van der Waals surface area (Å²) in [6.45, 7) is 15.0. The fraction of sp³-hybridized carbons (Fsp3) is 0.844. The molecule has 0 radical (unpaired) electrons. The summed E-state index contributed by atoms with van der Waals surface area (Å²) in [5, 5.41) is 33.5. The molecule has 218 valence electrons. The summed E-state index contributed by atoms with van der Waals surface area (Å²) in [6.07, 6.45) is 7.60. The Morgan fingerprint density at radius 3 is 2.15 bits per heavy atom. The molecule has 0 saturated heterocycles. The van der Waals surface area contributed by atoms with Crippen LogP contribution in [0.25, 0.3) is 0 Å². The molecule has 1 amide bonds. The molecule has 0 unspecified atom stereocenters. The van der Waals surface area contributed by atoms with Crippen LogP contribution < -0.4 is 5.32 Å². The Balaban J connectivity index is 1.52. The van der Waals surface area contributed by atoms with Gasteiger partial charge in [0, 0.05) is 0 Å². The summed E-state index contributed by atoms with van der Waals surface area (Å²) in [7, 11) is 0. The first-order chi connectivity index (χ1) is 18.1. The number of hydrogen-bond acceptors (Lipinski definition) is 4. The van der Waals surface area contributed by atoms with Crippen molar-refractivity contribution in [1.29, 1.82) is 0 Å². The lowest BCUT2D eigenvalue weighted by atomic mass is 9.32. The summed E-state index contributed by atoms with van der Waals surface area (Å²) in [6, 6.07) is 0. The van der Waals surface area contributed by atoms with Gasteiger partial charge in [0.25, 0.3) is 0 Å². The Kier molecular flexibility index (Phi) is 6.65. The molecule has 5 rings (SSSR count). The van der Waals surface area contributed by atoms with Gasteiger partial charge in [0.2, 0.25) is 5.91 Å². The second-order valence-electron chi connectivity index (χ2n) is 15.1. The first kappa shape index (κ1) is 28.6. The molecule has 0 aromatic carbocycles. The van der Waals surface area contributed by atoms with Crippen molar-refractivity contribution in [3.05, 3.63) is 12.2 Å². The van der Waals surface area contributed by atoms with Gasteiger partial charge in [0.05, 0.1) is 16.9 Å². The highest BCUT2D eigenvalue weighted by molar-refractivity contribution is 5.86. The molecular weight excluding hydrogens is 494 g/mol. The molecular formula is C32H49NO6. The summed E-state index contributed by atoms with van der Waals surface area (Å²) < 4.78 is 0. The van der Waals surface area contributed by atoms with E-state index in [1.807, 2.05) is 6.92 Å². The highest BCUT2D eigenvalue weighted by atomic mass is 16.4. The van der Waals surface area contributed by atoms with Crippen molar-refractivity contribution in [3.8, 4) is 0 Å². The Hall–Kier alpha value is -1.89. The average molecular weight is 544 g/mol. The van der Waals surface area contributed by atoms with E-state index in [1.165, 1.54) is 0 Å². The highest BCUT2D eigenvalue weighted by Crippen LogP contribution is 2.77. The fourth-order valence-electron chi connectivity index (χ4n) is 11.8. The normalized spacial score (nSPS) is 50.5. The largest absolute Gasteiger partial charge is 0.481 e. The van der Waals surface area contributed by atoms with E-state index < -0.39 is 35.4 Å². The number of allylic oxidation sites excluding steroid dienone is 1. The molecule has 39 heavy (non-hydrogen) atoms. The number of carboxylic acids is 2. The van der Waals surface area contributed by atoms with Crippen LogP contribution in [0.5, 0.6) is 0 Å². The number of hydrogen-bond donors (Lipinski definition) is 4. The Labute approximate surface area is 233 Å². The predicted octanol–water partition coefficient (Wildman–Crippen LogP) is 5.27. The van der Waals surface area contributed by atoms with Crippen LogP contribution in [0.3, 0.4) is 0 Å². The van der Waals surface area contributed by atoms with Crippen molar-refractivity contribution in [3.63, 3.8) is 0 Å². The van der Waals surface area contributed by atoms with Crippen LogP contribution in [0.1, 0.15) is 98.8 Å². The predicted molar refractivity (Wildman–Crippen MR) is 148 cm³/mol. The minimum absolute atomic E-state index is 0.00517. The van der Waals surface area contributed by atoms with E-state index in [1.54, 1.807) is 0 Å². The molecule has 7 heteroatoms. The first-order valence-electron chi connectivity index (χ1n) is 15.2. The third kappa shape index (κ3) is 3.59. The number of amides is 1. The number of carboxylic acid groups (broad SMARTS) is 2. The van der Waals surface area contributed by atoms with Gasteiger partial charge in [0.1, 0.15) is 6.54 Å². The summed E-state index contributed by atoms with van der Waals surface area (Å²) in [5.41, 5.74) is -0.741. The first-order valence-corrected chi connectivity index (χ1v) is 15.2. The van der Waals surface area contributed by atoms with E-state index in [2.05, 4.69) is 39.6 Å². The fourth-order valence-corrected chi connectivity index (χ4v) is 11.8. The lowest BCUT2D eigenvalue weighted by Crippen LogP contribution is -2.69. The van der Waals surface area contributed by atoms with Crippen LogP contribution in [0.4, 0.5) is 0 Å². The van der Waals surface area contributed by atoms with Crippen LogP contribution >= 0.6 is 0 Å². The highest BCUT2D eigenvalue weighted by Gasteiger charge is 2.73. The zero-order valence-electron chi connectivity index (χ0n) is 24.5. The number of nitrogens with one attached hydrogen (secondary N) is 1. The molecule has 0 spiro atoms. The van der Waals surface area contributed by atoms with E-state index in [9.17, 15) is 29.7 Å². The maximum atomic E-state index is 13.5. The van der Waals surface area contributed by atoms with Gasteiger partial charge < -0.3 is 20.6 Å². The minimum atomic E-state index is -1.09. The van der Waals surface area contributed by atoms with Crippen molar-refractivity contribution in [1.82, 2.24) is 5.32 Å². The maximum Gasteiger partial charge on any atom is 0.322 e. The van der Waals surface area contributed by atoms with E-state index in [-0.39, 0.29) is 39.9 Å². The molecule has 0 aliphatic heterocycles. The second kappa shape index (κ2) is 9.06. The molecule has 7 nitrogen and oxygen atoms in total. The zero-order chi connectivity index (χ0) is 28.8. The van der Waals surface area contributed by atoms with Crippen LogP contribution in [0.2, 0.25) is 0 Å². The second-order valence-corrected chi connectivity index (χ2v) is 15.1. The van der Waals surface area contributed by atoms with E-state index >= 15 is 0 Å². The van der Waals surface area contributed by atoms with Crippen molar-refractivity contribution in [2.24, 2.45) is 56.7 Å². The van der Waals surface area contributed by atoms with Gasteiger partial charge >= 0.3 is 11.9 Å². The average Bonchev–Trinajstić information content (AvgIpc) is 3.27. The zero-order valence-corrected chi connectivity index (χ0v) is 24.5. The van der Waals surface area contributed by atoms with Crippen molar-refractivity contribution >= 4 is 17.8 Å². The third-order valence-corrected chi connectivity index (χ3v) is 14.0. The molecule has 5 aliphatic carbocycles. The van der Waals surface area contributed by atoms with Gasteiger partial charge in [-0.15, -0.1) is 0 Å². The van der Waals surface area contributed by atoms with Crippen LogP contribution in [-0.2, 0) is 14.4 Å². The van der Waals surface area contributed by atoms with Crippen molar-refractivity contribution in [2.45, 2.75) is 105 Å². The molecule has 5 aliphatic rings. The number of rotatable bonds is 5. The number of carbonyl (C=O) groups is 3. The lowest BCUT2D eigenvalue weighted by Gasteiger charge is -2.72. The molecule has 0 heterocycles. The standard InChI is InChI=1S/C32H49NO6/c1-18(2)19-9-14-32(27(38)39)16-15-29(4)20(25(19)32)7-8-21-28(3)12-11-23(34)31(6,26(37)33-17-24(35)36)22(28)10-13-30(21,29)5/h19-23,25,34H,1,7-17H2,2-6H3,(H,33,37)(H,35,36)(H,38,39)/t19-,20+,21+,22+,23+,25+,28+,29+,30+,31-,32-/m0/s1. The third-order valence-electron chi connectivity index (χ3n) is 14.0. The molecule has 0 bridgehead atoms. The number of aliphatic hydroxyl groups is 1. The molecule has 11 atom stereocenters. The lowest BCUT2D eigenvalue weighted by molar-refractivity contribution is -0.248. The number of aliphatic carboxylic acids is 2. The van der Waals surface area contributed by atoms with Gasteiger partial charge in [-0.25, -0.2) is 0 Å². The van der Waals surface area contributed by atoms with Gasteiger partial charge in [-0.1, -0.05) is 32.9 Å². The van der Waals surface area contributed by atoms with E-state index in [0.29, 0.717) is 18.3 Å². The van der Waals surface area contributed by atoms with E-state index in [4.69, 9.17) is 0 Å². The topological polar surface area (TPSA) is 124 Å². The monoisotopic (exact) mass is 543 g/mol. The molecule has 5 saturated carbocycles. The molecule has 4 N–H and O–H groups in total. The van der Waals surface area contributed by atoms with Crippen molar-refractivity contribution in [2.75, 3.05) is 6.54 Å². The number of fused-ring (bicyclic) bond motifs is 7. The number of carbonyl (C=O) groups excluding carboxylic acids is 1. The van der Waals surface area contributed by atoms with Crippen LogP contribution in [-0.4, -0.2) is 45.8 Å². The molecule has 0 aromatic rings. The Morgan fingerprint density at radius 2 is 1.54 bits per heavy atom. The molecule has 0 aromatic heterocycles. The minimum Gasteiger partial charge on any atom is -0.481 e. The summed E-state index contributed by atoms with van der Waals surface area (Å²) >= 11 is 0. The summed E-state index contributed by atoms with van der Waals surface area (Å²) in [5.74, 6) is -1.05. The Bertz CT molecular complexity index is 1090. The SMILES string of the molecule is C=C(C)[C@@H]1CC[C@]2(C(=O)O)CC[C@]3(C)[C@H](CC[C@@H]4[C@@]5(C)CC[C@@H](O)[C@@](C)(C(=O)NCC(=O)O)[C@@H]5CC[C@]43C)[C@@H]12. The van der Waals surface area contributed by atoms with Crippen LogP contribution in [0, 0.1) is 56.7 Å². The summed E-state index contributed by atoms with van der Waals surface area (Å²) in [4.78, 5) is 37.5. The Morgan fingerprint density at radius 1 is 0.846 bits per heavy atom. The van der Waals surface area contributed by atoms with Gasteiger partial charge in [-0.2, -0.15) is 0 Å². The maximum absolute atomic E-state index is 13.5. The van der Waals surface area contributed by atoms with Crippen LogP contribution in [0.15, 0.2) is 12.2 Å². The van der Waals surface area contributed by atoms with E-state index in [0.717, 1.165) is 63.4 Å².